The molecule has 1 amide bonds. The molecule has 0 bridgehead atoms. The van der Waals surface area contributed by atoms with Crippen molar-refractivity contribution in [2.24, 2.45) is 0 Å². The fraction of sp³-hybridized carbons (Fsp3) is 0.417. The van der Waals surface area contributed by atoms with E-state index in [1.54, 1.807) is 12.1 Å². The summed E-state index contributed by atoms with van der Waals surface area (Å²) in [5.74, 6) is 0. The maximum absolute atomic E-state index is 11.1. The number of halogens is 2. The van der Waals surface area contributed by atoms with Crippen molar-refractivity contribution < 1.29 is 19.7 Å². The summed E-state index contributed by atoms with van der Waals surface area (Å²) in [4.78, 5) is 12.2. The lowest BCUT2D eigenvalue weighted by molar-refractivity contribution is -0.0396. The van der Waals surface area contributed by atoms with Crippen LogP contribution in [0.3, 0.4) is 0 Å². The zero-order chi connectivity index (χ0) is 14.0. The van der Waals surface area contributed by atoms with Gasteiger partial charge in [-0.1, -0.05) is 29.3 Å². The van der Waals surface area contributed by atoms with Crippen LogP contribution in [-0.4, -0.2) is 47.5 Å². The predicted molar refractivity (Wildman–Crippen MR) is 70.8 cm³/mol. The molecule has 0 spiro atoms. The van der Waals surface area contributed by atoms with Crippen LogP contribution in [0.4, 0.5) is 4.79 Å². The Morgan fingerprint density at radius 2 is 2.11 bits per heavy atom. The van der Waals surface area contributed by atoms with E-state index in [0.29, 0.717) is 15.6 Å². The molecule has 0 unspecified atom stereocenters. The molecule has 19 heavy (non-hydrogen) atoms. The molecular formula is C12H13Cl2NO4. The average Bonchev–Trinajstić information content (AvgIpc) is 2.56. The number of amides is 1. The molecule has 1 aliphatic rings. The normalized spacial score (nSPS) is 24.1. The first-order valence-electron chi connectivity index (χ1n) is 5.66. The van der Waals surface area contributed by atoms with Crippen LogP contribution in [0.25, 0.3) is 0 Å². The van der Waals surface area contributed by atoms with Crippen molar-refractivity contribution in [3.63, 3.8) is 0 Å². The van der Waals surface area contributed by atoms with Gasteiger partial charge in [-0.3, -0.25) is 0 Å². The Kier molecular flexibility index (Phi) is 4.20. The third kappa shape index (κ3) is 3.12. The Labute approximate surface area is 120 Å². The molecule has 0 aromatic heterocycles. The van der Waals surface area contributed by atoms with Gasteiger partial charge in [0.1, 0.15) is 5.60 Å². The van der Waals surface area contributed by atoms with Crippen LogP contribution < -0.4 is 0 Å². The monoisotopic (exact) mass is 305 g/mol. The molecule has 1 aromatic rings. The molecule has 0 saturated carbocycles. The number of β-amino-alcohol motifs (C(OH)–C–C–N with tert-alkyl or cyclic N) is 1. The minimum atomic E-state index is -1.43. The van der Waals surface area contributed by atoms with E-state index in [4.69, 9.17) is 33.0 Å². The summed E-state index contributed by atoms with van der Waals surface area (Å²) in [6.07, 6.45) is -1.09. The number of ether oxygens (including phenoxy) is 1. The van der Waals surface area contributed by atoms with E-state index in [2.05, 4.69) is 0 Å². The summed E-state index contributed by atoms with van der Waals surface area (Å²) in [5, 5.41) is 20.4. The number of rotatable bonds is 1. The van der Waals surface area contributed by atoms with Crippen molar-refractivity contribution in [2.45, 2.75) is 5.60 Å². The van der Waals surface area contributed by atoms with Crippen molar-refractivity contribution in [2.75, 3.05) is 26.3 Å². The third-order valence-corrected chi connectivity index (χ3v) is 3.77. The van der Waals surface area contributed by atoms with Crippen molar-refractivity contribution in [1.82, 2.24) is 4.90 Å². The lowest BCUT2D eigenvalue weighted by Gasteiger charge is -2.30. The van der Waals surface area contributed by atoms with Gasteiger partial charge >= 0.3 is 6.09 Å². The Hall–Kier alpha value is -1.01. The Balaban J connectivity index is 2.33. The Morgan fingerprint density at radius 1 is 1.37 bits per heavy atom. The van der Waals surface area contributed by atoms with Gasteiger partial charge < -0.3 is 19.8 Å². The van der Waals surface area contributed by atoms with Crippen LogP contribution in [0.15, 0.2) is 18.2 Å². The molecule has 104 valence electrons. The lowest BCUT2D eigenvalue weighted by atomic mass is 9.94. The number of carbonyl (C=O) groups is 1. The highest BCUT2D eigenvalue weighted by atomic mass is 35.5. The molecule has 0 aliphatic carbocycles. The van der Waals surface area contributed by atoms with Crippen LogP contribution >= 0.6 is 23.2 Å². The van der Waals surface area contributed by atoms with Gasteiger partial charge in [0.25, 0.3) is 0 Å². The van der Waals surface area contributed by atoms with E-state index in [1.807, 2.05) is 0 Å². The van der Waals surface area contributed by atoms with Crippen molar-refractivity contribution in [3.05, 3.63) is 33.8 Å². The summed E-state index contributed by atoms with van der Waals surface area (Å²) < 4.78 is 5.28. The van der Waals surface area contributed by atoms with Gasteiger partial charge in [0, 0.05) is 6.54 Å². The summed E-state index contributed by atoms with van der Waals surface area (Å²) >= 11 is 11.7. The van der Waals surface area contributed by atoms with Crippen LogP contribution in [0.2, 0.25) is 10.0 Å². The third-order valence-electron chi connectivity index (χ3n) is 3.03. The molecule has 1 atom stereocenters. The van der Waals surface area contributed by atoms with Crippen LogP contribution in [0.1, 0.15) is 5.56 Å². The second-order valence-electron chi connectivity index (χ2n) is 4.42. The molecule has 5 nitrogen and oxygen atoms in total. The highest BCUT2D eigenvalue weighted by Crippen LogP contribution is 2.30. The number of nitrogens with zero attached hydrogens (tertiary/aromatic N) is 1. The van der Waals surface area contributed by atoms with Gasteiger partial charge in [-0.15, -0.1) is 0 Å². The smallest absolute Gasteiger partial charge is 0.407 e. The van der Waals surface area contributed by atoms with Gasteiger partial charge in [-0.05, 0) is 17.7 Å². The van der Waals surface area contributed by atoms with Gasteiger partial charge in [0.2, 0.25) is 0 Å². The number of aliphatic hydroxyl groups is 1. The molecule has 1 heterocycles. The molecule has 1 fully saturated rings. The zero-order valence-electron chi connectivity index (χ0n) is 9.97. The van der Waals surface area contributed by atoms with Gasteiger partial charge in [-0.25, -0.2) is 4.79 Å². The number of benzene rings is 1. The van der Waals surface area contributed by atoms with Crippen LogP contribution in [-0.2, 0) is 10.3 Å². The maximum Gasteiger partial charge on any atom is 0.407 e. The first-order valence-corrected chi connectivity index (χ1v) is 6.41. The SMILES string of the molecule is O=C(O)N1CCOC[C@](O)(c2ccc(Cl)c(Cl)c2)C1. The Morgan fingerprint density at radius 3 is 2.74 bits per heavy atom. The standard InChI is InChI=1S/C12H13Cl2NO4/c13-9-2-1-8(5-10(9)14)12(18)6-15(11(16)17)3-4-19-7-12/h1-2,5,18H,3-4,6-7H2,(H,16,17)/t12-/m0/s1. The predicted octanol–water partition coefficient (Wildman–Crippen LogP) is 2.19. The molecule has 2 N–H and O–H groups in total. The van der Waals surface area contributed by atoms with Gasteiger partial charge in [-0.2, -0.15) is 0 Å². The first-order chi connectivity index (χ1) is 8.92. The minimum Gasteiger partial charge on any atom is -0.465 e. The van der Waals surface area contributed by atoms with Gasteiger partial charge in [0.05, 0.1) is 29.8 Å². The highest BCUT2D eigenvalue weighted by Gasteiger charge is 2.36. The summed E-state index contributed by atoms with van der Waals surface area (Å²) in [7, 11) is 0. The molecule has 1 aromatic carbocycles. The number of hydrogen-bond donors (Lipinski definition) is 2. The van der Waals surface area contributed by atoms with E-state index in [-0.39, 0.29) is 26.3 Å². The zero-order valence-corrected chi connectivity index (χ0v) is 11.5. The summed E-state index contributed by atoms with van der Waals surface area (Å²) in [6.45, 7) is 0.407. The summed E-state index contributed by atoms with van der Waals surface area (Å²) in [5.41, 5.74) is -0.946. The molecule has 2 rings (SSSR count). The second kappa shape index (κ2) is 5.54. The summed E-state index contributed by atoms with van der Waals surface area (Å²) in [6, 6.07) is 4.70. The average molecular weight is 306 g/mol. The van der Waals surface area contributed by atoms with E-state index < -0.39 is 11.7 Å². The quantitative estimate of drug-likeness (QED) is 0.834. The lowest BCUT2D eigenvalue weighted by Crippen LogP contribution is -2.44. The Bertz CT molecular complexity index is 497. The van der Waals surface area contributed by atoms with Crippen molar-refractivity contribution in [3.8, 4) is 0 Å². The van der Waals surface area contributed by atoms with Crippen molar-refractivity contribution in [1.29, 1.82) is 0 Å². The highest BCUT2D eigenvalue weighted by molar-refractivity contribution is 6.42. The van der Waals surface area contributed by atoms with Crippen LogP contribution in [0.5, 0.6) is 0 Å². The second-order valence-corrected chi connectivity index (χ2v) is 5.23. The fourth-order valence-electron chi connectivity index (χ4n) is 1.98. The molecule has 1 aliphatic heterocycles. The van der Waals surface area contributed by atoms with E-state index in [9.17, 15) is 9.90 Å². The van der Waals surface area contributed by atoms with Crippen molar-refractivity contribution >= 4 is 29.3 Å². The number of hydrogen-bond acceptors (Lipinski definition) is 3. The van der Waals surface area contributed by atoms with E-state index in [0.717, 1.165) is 4.90 Å². The maximum atomic E-state index is 11.1. The fourth-order valence-corrected chi connectivity index (χ4v) is 2.28. The van der Waals surface area contributed by atoms with Gasteiger partial charge in [0.15, 0.2) is 0 Å². The largest absolute Gasteiger partial charge is 0.465 e. The molecule has 7 heteroatoms. The van der Waals surface area contributed by atoms with E-state index >= 15 is 0 Å². The van der Waals surface area contributed by atoms with Crippen LogP contribution in [0, 0.1) is 0 Å². The first kappa shape index (κ1) is 14.4. The molecule has 0 radical (unpaired) electrons. The minimum absolute atomic E-state index is 0.00867. The van der Waals surface area contributed by atoms with E-state index in [1.165, 1.54) is 6.07 Å². The number of carboxylic acid groups (broad SMARTS) is 1. The topological polar surface area (TPSA) is 70.0 Å². The molecule has 1 saturated heterocycles. The molecular weight excluding hydrogens is 293 g/mol.